The number of rotatable bonds is 1. The van der Waals surface area contributed by atoms with Crippen LogP contribution in [-0.4, -0.2) is 23.8 Å². The van der Waals surface area contributed by atoms with Crippen molar-refractivity contribution in [3.05, 3.63) is 12.1 Å². The first-order valence-electron chi connectivity index (χ1n) is 4.34. The molecular formula is C9H9N3O2. The van der Waals surface area contributed by atoms with E-state index in [2.05, 4.69) is 15.3 Å². The molecule has 2 aromatic rings. The molecule has 0 spiro atoms. The molecule has 2 N–H and O–H groups in total. The molecule has 3 rings (SSSR count). The summed E-state index contributed by atoms with van der Waals surface area (Å²) in [5.41, 5.74) is 1.82. The van der Waals surface area contributed by atoms with Crippen LogP contribution in [0.5, 0.6) is 11.5 Å². The Morgan fingerprint density at radius 1 is 1.36 bits per heavy atom. The smallest absolute Gasteiger partial charge is 0.231 e. The second-order valence-corrected chi connectivity index (χ2v) is 3.06. The second kappa shape index (κ2) is 2.54. The minimum atomic E-state index is 0.292. The van der Waals surface area contributed by atoms with Gasteiger partial charge in [-0.1, -0.05) is 0 Å². The number of nitrogens with one attached hydrogen (secondary N) is 2. The third-order valence-electron chi connectivity index (χ3n) is 2.21. The number of ether oxygens (including phenoxy) is 2. The van der Waals surface area contributed by atoms with E-state index in [-0.39, 0.29) is 0 Å². The fourth-order valence-corrected chi connectivity index (χ4v) is 1.52. The van der Waals surface area contributed by atoms with Gasteiger partial charge in [0.05, 0.1) is 11.0 Å². The summed E-state index contributed by atoms with van der Waals surface area (Å²) in [6, 6.07) is 3.76. The molecule has 2 heterocycles. The summed E-state index contributed by atoms with van der Waals surface area (Å²) in [5, 5.41) is 2.94. The van der Waals surface area contributed by atoms with Crippen LogP contribution < -0.4 is 14.8 Å². The Hall–Kier alpha value is -1.91. The lowest BCUT2D eigenvalue weighted by molar-refractivity contribution is 0.174. The maximum atomic E-state index is 5.26. The average molecular weight is 191 g/mol. The highest BCUT2D eigenvalue weighted by Crippen LogP contribution is 2.35. The molecule has 0 saturated carbocycles. The zero-order valence-corrected chi connectivity index (χ0v) is 7.63. The van der Waals surface area contributed by atoms with Crippen LogP contribution in [0.25, 0.3) is 11.0 Å². The van der Waals surface area contributed by atoms with Gasteiger partial charge in [-0.05, 0) is 0 Å². The molecule has 0 unspecified atom stereocenters. The Morgan fingerprint density at radius 2 is 2.14 bits per heavy atom. The molecule has 14 heavy (non-hydrogen) atoms. The molecule has 1 aliphatic heterocycles. The van der Waals surface area contributed by atoms with E-state index in [9.17, 15) is 0 Å². The normalized spacial score (nSPS) is 13.5. The van der Waals surface area contributed by atoms with Gasteiger partial charge in [0.15, 0.2) is 11.5 Å². The summed E-state index contributed by atoms with van der Waals surface area (Å²) in [6.07, 6.45) is 0. The quantitative estimate of drug-likeness (QED) is 0.714. The molecular weight excluding hydrogens is 182 g/mol. The Labute approximate surface area is 80.0 Å². The predicted octanol–water partition coefficient (Wildman–Crippen LogP) is 1.33. The van der Waals surface area contributed by atoms with Crippen molar-refractivity contribution in [2.24, 2.45) is 0 Å². The van der Waals surface area contributed by atoms with Gasteiger partial charge in [-0.25, -0.2) is 4.98 Å². The van der Waals surface area contributed by atoms with E-state index in [1.165, 1.54) is 0 Å². The van der Waals surface area contributed by atoms with Gasteiger partial charge in [0.2, 0.25) is 12.7 Å². The van der Waals surface area contributed by atoms with Crippen LogP contribution in [0.15, 0.2) is 12.1 Å². The van der Waals surface area contributed by atoms with Gasteiger partial charge in [-0.2, -0.15) is 0 Å². The van der Waals surface area contributed by atoms with Crippen molar-refractivity contribution >= 4 is 17.0 Å². The van der Waals surface area contributed by atoms with Gasteiger partial charge in [0.25, 0.3) is 0 Å². The molecule has 5 nitrogen and oxygen atoms in total. The highest BCUT2D eigenvalue weighted by atomic mass is 16.7. The van der Waals surface area contributed by atoms with Gasteiger partial charge in [0, 0.05) is 19.2 Å². The topological polar surface area (TPSA) is 59.2 Å². The van der Waals surface area contributed by atoms with Crippen LogP contribution in [0.1, 0.15) is 0 Å². The molecule has 0 saturated heterocycles. The molecule has 5 heteroatoms. The maximum Gasteiger partial charge on any atom is 0.231 e. The average Bonchev–Trinajstić information content (AvgIpc) is 2.77. The summed E-state index contributed by atoms with van der Waals surface area (Å²) < 4.78 is 10.5. The predicted molar refractivity (Wildman–Crippen MR) is 51.8 cm³/mol. The first-order valence-corrected chi connectivity index (χ1v) is 4.34. The summed E-state index contributed by atoms with van der Waals surface area (Å²) in [6.45, 7) is 0.292. The number of nitrogens with zero attached hydrogens (tertiary/aromatic N) is 1. The van der Waals surface area contributed by atoms with Gasteiger partial charge >= 0.3 is 0 Å². The lowest BCUT2D eigenvalue weighted by Gasteiger charge is -1.93. The van der Waals surface area contributed by atoms with Crippen molar-refractivity contribution in [1.82, 2.24) is 9.97 Å². The summed E-state index contributed by atoms with van der Waals surface area (Å²) in [7, 11) is 1.82. The first kappa shape index (κ1) is 7.49. The SMILES string of the molecule is CNc1nc2cc3c(cc2[nH]1)OCO3. The van der Waals surface area contributed by atoms with Crippen molar-refractivity contribution in [2.45, 2.75) is 0 Å². The summed E-state index contributed by atoms with van der Waals surface area (Å²) in [4.78, 5) is 7.42. The van der Waals surface area contributed by atoms with E-state index in [4.69, 9.17) is 9.47 Å². The zero-order chi connectivity index (χ0) is 9.54. The van der Waals surface area contributed by atoms with E-state index in [1.54, 1.807) is 0 Å². The minimum Gasteiger partial charge on any atom is -0.454 e. The lowest BCUT2D eigenvalue weighted by Crippen LogP contribution is -1.93. The van der Waals surface area contributed by atoms with Crippen molar-refractivity contribution < 1.29 is 9.47 Å². The fourth-order valence-electron chi connectivity index (χ4n) is 1.52. The number of hydrogen-bond acceptors (Lipinski definition) is 4. The van der Waals surface area contributed by atoms with E-state index in [0.29, 0.717) is 6.79 Å². The molecule has 0 amide bonds. The number of H-pyrrole nitrogens is 1. The van der Waals surface area contributed by atoms with Crippen LogP contribution >= 0.6 is 0 Å². The lowest BCUT2D eigenvalue weighted by atomic mass is 10.3. The van der Waals surface area contributed by atoms with Crippen molar-refractivity contribution in [3.63, 3.8) is 0 Å². The number of aromatic amines is 1. The molecule has 0 radical (unpaired) electrons. The standard InChI is InChI=1S/C9H9N3O2/c1-10-9-11-5-2-7-8(14-4-13-7)3-6(5)12-9/h2-3H,4H2,1H3,(H2,10,11,12). The minimum absolute atomic E-state index is 0.292. The monoisotopic (exact) mass is 191 g/mol. The van der Waals surface area contributed by atoms with Crippen LogP contribution in [0.3, 0.4) is 0 Å². The second-order valence-electron chi connectivity index (χ2n) is 3.06. The Balaban J connectivity index is 2.25. The maximum absolute atomic E-state index is 5.26. The van der Waals surface area contributed by atoms with E-state index >= 15 is 0 Å². The number of benzene rings is 1. The molecule has 0 fully saturated rings. The number of fused-ring (bicyclic) bond motifs is 2. The molecule has 0 aliphatic carbocycles. The van der Waals surface area contributed by atoms with Gasteiger partial charge in [-0.15, -0.1) is 0 Å². The van der Waals surface area contributed by atoms with Crippen molar-refractivity contribution in [1.29, 1.82) is 0 Å². The van der Waals surface area contributed by atoms with E-state index in [1.807, 2.05) is 19.2 Å². The van der Waals surface area contributed by atoms with Crippen molar-refractivity contribution in [3.8, 4) is 11.5 Å². The Bertz CT molecular complexity index is 451. The largest absolute Gasteiger partial charge is 0.454 e. The van der Waals surface area contributed by atoms with E-state index < -0.39 is 0 Å². The third-order valence-corrected chi connectivity index (χ3v) is 2.21. The third kappa shape index (κ3) is 0.921. The molecule has 1 aromatic carbocycles. The molecule has 1 aromatic heterocycles. The van der Waals surface area contributed by atoms with Gasteiger partial charge in [-0.3, -0.25) is 0 Å². The van der Waals surface area contributed by atoms with Crippen LogP contribution in [0.4, 0.5) is 5.95 Å². The molecule has 72 valence electrons. The highest BCUT2D eigenvalue weighted by Gasteiger charge is 2.15. The first-order chi connectivity index (χ1) is 6.86. The number of imidazole rings is 1. The van der Waals surface area contributed by atoms with Gasteiger partial charge in [0.1, 0.15) is 0 Å². The van der Waals surface area contributed by atoms with E-state index in [0.717, 1.165) is 28.5 Å². The highest BCUT2D eigenvalue weighted by molar-refractivity contribution is 5.81. The Kier molecular flexibility index (Phi) is 1.36. The summed E-state index contributed by atoms with van der Waals surface area (Å²) >= 11 is 0. The zero-order valence-electron chi connectivity index (χ0n) is 7.63. The van der Waals surface area contributed by atoms with Crippen LogP contribution in [0, 0.1) is 0 Å². The van der Waals surface area contributed by atoms with Crippen molar-refractivity contribution in [2.75, 3.05) is 19.2 Å². The van der Waals surface area contributed by atoms with Crippen LogP contribution in [-0.2, 0) is 0 Å². The number of aromatic nitrogens is 2. The summed E-state index contributed by atoms with van der Waals surface area (Å²) in [5.74, 6) is 2.26. The van der Waals surface area contributed by atoms with Gasteiger partial charge < -0.3 is 19.8 Å². The molecule has 1 aliphatic rings. The Morgan fingerprint density at radius 3 is 2.93 bits per heavy atom. The number of anilines is 1. The molecule has 0 atom stereocenters. The number of hydrogen-bond donors (Lipinski definition) is 2. The molecule has 0 bridgehead atoms. The fraction of sp³-hybridized carbons (Fsp3) is 0.222. The van der Waals surface area contributed by atoms with Crippen LogP contribution in [0.2, 0.25) is 0 Å².